The van der Waals surface area contributed by atoms with Crippen LogP contribution < -0.4 is 5.73 Å². The summed E-state index contributed by atoms with van der Waals surface area (Å²) in [4.78, 5) is 2.63. The number of nitrogens with two attached hydrogens (primary N) is 1. The smallest absolute Gasteiger partial charge is 0.0601 e. The minimum atomic E-state index is -0.331. The van der Waals surface area contributed by atoms with Crippen LogP contribution in [0.4, 0.5) is 0 Å². The molecule has 1 aromatic rings. The lowest BCUT2D eigenvalue weighted by Crippen LogP contribution is -2.56. The molecule has 2 N–H and O–H groups in total. The summed E-state index contributed by atoms with van der Waals surface area (Å²) in [5.41, 5.74) is 7.86. The van der Waals surface area contributed by atoms with E-state index in [0.29, 0.717) is 6.04 Å². The van der Waals surface area contributed by atoms with Gasteiger partial charge in [-0.15, -0.1) is 6.58 Å². The number of benzene rings is 1. The lowest BCUT2D eigenvalue weighted by atomic mass is 9.78. The number of rotatable bonds is 6. The zero-order valence-electron chi connectivity index (χ0n) is 13.4. The van der Waals surface area contributed by atoms with Crippen LogP contribution in [0, 0.1) is 0 Å². The highest BCUT2D eigenvalue weighted by Gasteiger charge is 2.38. The second kappa shape index (κ2) is 7.77. The SMILES string of the molecule is C=CCC(N)(c1ccccc1)C(CC)N1CCCCCC1. The minimum absolute atomic E-state index is 0.331. The fourth-order valence-electron chi connectivity index (χ4n) is 3.79. The molecular formula is C19H30N2. The Morgan fingerprint density at radius 1 is 1.19 bits per heavy atom. The number of hydrogen-bond donors (Lipinski definition) is 1. The number of hydrogen-bond acceptors (Lipinski definition) is 2. The molecule has 1 aromatic carbocycles. The van der Waals surface area contributed by atoms with Crippen molar-refractivity contribution in [1.82, 2.24) is 4.90 Å². The molecule has 2 nitrogen and oxygen atoms in total. The van der Waals surface area contributed by atoms with Gasteiger partial charge >= 0.3 is 0 Å². The summed E-state index contributed by atoms with van der Waals surface area (Å²) in [5, 5.41) is 0. The molecule has 1 heterocycles. The van der Waals surface area contributed by atoms with Crippen LogP contribution >= 0.6 is 0 Å². The molecule has 1 aliphatic rings. The van der Waals surface area contributed by atoms with Gasteiger partial charge in [0.15, 0.2) is 0 Å². The first-order valence-electron chi connectivity index (χ1n) is 8.41. The predicted octanol–water partition coefficient (Wildman–Crippen LogP) is 4.07. The Kier molecular flexibility index (Phi) is 6.01. The molecule has 1 saturated heterocycles. The standard InChI is InChI=1S/C19H30N2/c1-3-14-19(20,17-12-8-7-9-13-17)18(4-2)21-15-10-5-6-11-16-21/h3,7-9,12-13,18H,1,4-6,10-11,14-16,20H2,2H3. The van der Waals surface area contributed by atoms with Crippen LogP contribution in [0.1, 0.15) is 51.0 Å². The molecule has 0 aliphatic carbocycles. The molecule has 1 fully saturated rings. The maximum absolute atomic E-state index is 6.95. The number of nitrogens with zero attached hydrogens (tertiary/aromatic N) is 1. The summed E-state index contributed by atoms with van der Waals surface area (Å²) < 4.78 is 0. The quantitative estimate of drug-likeness (QED) is 0.799. The highest BCUT2D eigenvalue weighted by Crippen LogP contribution is 2.33. The topological polar surface area (TPSA) is 29.3 Å². The first-order chi connectivity index (χ1) is 10.2. The molecule has 2 heteroatoms. The largest absolute Gasteiger partial charge is 0.320 e. The van der Waals surface area contributed by atoms with Gasteiger partial charge < -0.3 is 5.73 Å². The summed E-state index contributed by atoms with van der Waals surface area (Å²) in [7, 11) is 0. The lowest BCUT2D eigenvalue weighted by molar-refractivity contribution is 0.117. The Morgan fingerprint density at radius 3 is 2.33 bits per heavy atom. The molecule has 0 amide bonds. The first-order valence-corrected chi connectivity index (χ1v) is 8.41. The van der Waals surface area contributed by atoms with Gasteiger partial charge in [0.25, 0.3) is 0 Å². The third-order valence-electron chi connectivity index (χ3n) is 4.86. The fourth-order valence-corrected chi connectivity index (χ4v) is 3.79. The monoisotopic (exact) mass is 286 g/mol. The van der Waals surface area contributed by atoms with E-state index in [0.717, 1.165) is 12.8 Å². The molecule has 0 saturated carbocycles. The zero-order valence-corrected chi connectivity index (χ0v) is 13.4. The van der Waals surface area contributed by atoms with E-state index in [1.807, 2.05) is 6.08 Å². The van der Waals surface area contributed by atoms with E-state index in [1.54, 1.807) is 0 Å². The van der Waals surface area contributed by atoms with Gasteiger partial charge in [0.1, 0.15) is 0 Å². The van der Waals surface area contributed by atoms with Crippen LogP contribution in [0.2, 0.25) is 0 Å². The van der Waals surface area contributed by atoms with Crippen molar-refractivity contribution in [2.24, 2.45) is 5.73 Å². The van der Waals surface area contributed by atoms with E-state index in [-0.39, 0.29) is 5.54 Å². The van der Waals surface area contributed by atoms with Crippen molar-refractivity contribution in [1.29, 1.82) is 0 Å². The van der Waals surface area contributed by atoms with Gasteiger partial charge in [0.05, 0.1) is 5.54 Å². The van der Waals surface area contributed by atoms with Crippen molar-refractivity contribution < 1.29 is 0 Å². The third kappa shape index (κ3) is 3.75. The van der Waals surface area contributed by atoms with Crippen molar-refractivity contribution in [2.45, 2.75) is 57.0 Å². The van der Waals surface area contributed by atoms with Crippen molar-refractivity contribution in [3.63, 3.8) is 0 Å². The summed E-state index contributed by atoms with van der Waals surface area (Å²) in [6, 6.07) is 11.0. The average Bonchev–Trinajstić information content (AvgIpc) is 2.78. The molecule has 2 atom stereocenters. The van der Waals surface area contributed by atoms with Crippen molar-refractivity contribution >= 4 is 0 Å². The third-order valence-corrected chi connectivity index (χ3v) is 4.86. The highest BCUT2D eigenvalue weighted by molar-refractivity contribution is 5.27. The molecule has 0 aromatic heterocycles. The maximum Gasteiger partial charge on any atom is 0.0601 e. The molecule has 0 bridgehead atoms. The molecule has 2 unspecified atom stereocenters. The maximum atomic E-state index is 6.95. The molecule has 0 spiro atoms. The average molecular weight is 286 g/mol. The Balaban J connectivity index is 2.30. The van der Waals surface area contributed by atoms with Crippen LogP contribution in [0.5, 0.6) is 0 Å². The van der Waals surface area contributed by atoms with E-state index >= 15 is 0 Å². The Hall–Kier alpha value is -1.12. The van der Waals surface area contributed by atoms with Crippen LogP contribution in [-0.2, 0) is 5.54 Å². The Labute approximate surface area is 130 Å². The van der Waals surface area contributed by atoms with Gasteiger partial charge in [-0.25, -0.2) is 0 Å². The zero-order chi connectivity index (χ0) is 15.1. The highest BCUT2D eigenvalue weighted by atomic mass is 15.2. The Bertz CT molecular complexity index is 420. The molecule has 21 heavy (non-hydrogen) atoms. The molecule has 116 valence electrons. The van der Waals surface area contributed by atoms with Gasteiger partial charge in [-0.3, -0.25) is 4.90 Å². The molecular weight excluding hydrogens is 256 g/mol. The first kappa shape index (κ1) is 16.3. The summed E-state index contributed by atoms with van der Waals surface area (Å²) in [5.74, 6) is 0. The van der Waals surface area contributed by atoms with E-state index in [2.05, 4.69) is 48.7 Å². The van der Waals surface area contributed by atoms with Crippen LogP contribution in [0.25, 0.3) is 0 Å². The van der Waals surface area contributed by atoms with Crippen LogP contribution in [-0.4, -0.2) is 24.0 Å². The minimum Gasteiger partial charge on any atom is -0.320 e. The summed E-state index contributed by atoms with van der Waals surface area (Å²) in [6.07, 6.45) is 9.21. The van der Waals surface area contributed by atoms with Gasteiger partial charge in [0, 0.05) is 6.04 Å². The molecule has 2 rings (SSSR count). The summed E-state index contributed by atoms with van der Waals surface area (Å²) in [6.45, 7) is 8.58. The molecule has 0 radical (unpaired) electrons. The fraction of sp³-hybridized carbons (Fsp3) is 0.579. The number of likely N-dealkylation sites (tertiary alicyclic amines) is 1. The normalized spacial score (nSPS) is 21.2. The van der Waals surface area contributed by atoms with Gasteiger partial charge in [-0.1, -0.05) is 56.2 Å². The van der Waals surface area contributed by atoms with Gasteiger partial charge in [-0.05, 0) is 44.3 Å². The van der Waals surface area contributed by atoms with E-state index < -0.39 is 0 Å². The van der Waals surface area contributed by atoms with Crippen LogP contribution in [0.15, 0.2) is 43.0 Å². The van der Waals surface area contributed by atoms with Crippen molar-refractivity contribution in [2.75, 3.05) is 13.1 Å². The van der Waals surface area contributed by atoms with Gasteiger partial charge in [0.2, 0.25) is 0 Å². The van der Waals surface area contributed by atoms with E-state index in [1.165, 1.54) is 44.3 Å². The van der Waals surface area contributed by atoms with E-state index in [9.17, 15) is 0 Å². The van der Waals surface area contributed by atoms with Gasteiger partial charge in [-0.2, -0.15) is 0 Å². The second-order valence-electron chi connectivity index (χ2n) is 6.27. The van der Waals surface area contributed by atoms with Crippen molar-refractivity contribution in [3.05, 3.63) is 48.6 Å². The lowest BCUT2D eigenvalue weighted by Gasteiger charge is -2.43. The van der Waals surface area contributed by atoms with Crippen molar-refractivity contribution in [3.8, 4) is 0 Å². The predicted molar refractivity (Wildman–Crippen MR) is 91.2 cm³/mol. The summed E-state index contributed by atoms with van der Waals surface area (Å²) >= 11 is 0. The van der Waals surface area contributed by atoms with E-state index in [4.69, 9.17) is 5.73 Å². The Morgan fingerprint density at radius 2 is 1.81 bits per heavy atom. The van der Waals surface area contributed by atoms with Crippen LogP contribution in [0.3, 0.4) is 0 Å². The second-order valence-corrected chi connectivity index (χ2v) is 6.27. The molecule has 1 aliphatic heterocycles.